The second-order valence-electron chi connectivity index (χ2n) is 3.52. The molecule has 2 amide bonds. The molecule has 0 radical (unpaired) electrons. The summed E-state index contributed by atoms with van der Waals surface area (Å²) in [5.41, 5.74) is -0.823. The van der Waals surface area contributed by atoms with Crippen molar-refractivity contribution < 1.29 is 19.8 Å². The number of aryl methyl sites for hydroxylation is 1. The van der Waals surface area contributed by atoms with Crippen LogP contribution in [0, 0.1) is 0 Å². The number of carboxylic acid groups (broad SMARTS) is 1. The fraction of sp³-hybridized carbons (Fsp3) is 0.300. The van der Waals surface area contributed by atoms with E-state index in [0.717, 1.165) is 0 Å². The Hall–Kier alpha value is -2.51. The maximum Gasteiger partial charge on any atom is 0.319 e. The van der Waals surface area contributed by atoms with Gasteiger partial charge in [-0.2, -0.15) is 0 Å². The summed E-state index contributed by atoms with van der Waals surface area (Å²) in [4.78, 5) is 33.1. The first-order valence-corrected chi connectivity index (χ1v) is 5.07. The molecule has 8 heteroatoms. The van der Waals surface area contributed by atoms with E-state index < -0.39 is 17.6 Å². The molecule has 8 nitrogen and oxygen atoms in total. The lowest BCUT2D eigenvalue weighted by Crippen LogP contribution is -2.33. The lowest BCUT2D eigenvalue weighted by Gasteiger charge is -2.08. The number of hydrogen-bond donors (Lipinski definition) is 4. The fourth-order valence-corrected chi connectivity index (χ4v) is 1.18. The van der Waals surface area contributed by atoms with Gasteiger partial charge in [-0.3, -0.25) is 9.59 Å². The van der Waals surface area contributed by atoms with E-state index in [1.54, 1.807) is 0 Å². The molecular formula is C10H13N3O5. The molecular weight excluding hydrogens is 242 g/mol. The Bertz CT molecular complexity index is 523. The van der Waals surface area contributed by atoms with E-state index in [-0.39, 0.29) is 24.4 Å². The van der Waals surface area contributed by atoms with Crippen molar-refractivity contribution in [3.05, 3.63) is 22.6 Å². The smallest absolute Gasteiger partial charge is 0.319 e. The van der Waals surface area contributed by atoms with Crippen molar-refractivity contribution in [2.24, 2.45) is 7.05 Å². The van der Waals surface area contributed by atoms with Crippen LogP contribution in [0.4, 0.5) is 10.5 Å². The molecule has 98 valence electrons. The number of hydrogen-bond acceptors (Lipinski definition) is 4. The Morgan fingerprint density at radius 2 is 2.11 bits per heavy atom. The van der Waals surface area contributed by atoms with E-state index in [1.165, 1.54) is 23.9 Å². The summed E-state index contributed by atoms with van der Waals surface area (Å²) >= 11 is 0. The predicted molar refractivity (Wildman–Crippen MR) is 62.6 cm³/mol. The van der Waals surface area contributed by atoms with E-state index in [9.17, 15) is 19.5 Å². The zero-order chi connectivity index (χ0) is 13.7. The summed E-state index contributed by atoms with van der Waals surface area (Å²) in [7, 11) is 1.47. The number of carboxylic acids is 1. The van der Waals surface area contributed by atoms with Crippen molar-refractivity contribution in [1.29, 1.82) is 0 Å². The average molecular weight is 255 g/mol. The van der Waals surface area contributed by atoms with Crippen LogP contribution in [0.15, 0.2) is 17.1 Å². The summed E-state index contributed by atoms with van der Waals surface area (Å²) in [6, 6.07) is 0.503. The SMILES string of the molecule is Cn1ccc(O)c(NC(=O)NCCC(=O)O)c1=O. The molecule has 0 fully saturated rings. The summed E-state index contributed by atoms with van der Waals surface area (Å²) in [6.07, 6.45) is 1.12. The second-order valence-corrected chi connectivity index (χ2v) is 3.52. The molecule has 0 aliphatic heterocycles. The first-order chi connectivity index (χ1) is 8.41. The number of amides is 2. The molecule has 0 saturated heterocycles. The van der Waals surface area contributed by atoms with Crippen LogP contribution in [0.1, 0.15) is 6.42 Å². The molecule has 0 aromatic carbocycles. The number of aromatic nitrogens is 1. The van der Waals surface area contributed by atoms with Crippen molar-refractivity contribution in [1.82, 2.24) is 9.88 Å². The van der Waals surface area contributed by atoms with Gasteiger partial charge in [-0.05, 0) is 6.07 Å². The van der Waals surface area contributed by atoms with Gasteiger partial charge in [-0.25, -0.2) is 4.79 Å². The summed E-state index contributed by atoms with van der Waals surface area (Å²) in [5.74, 6) is -1.40. The molecule has 1 rings (SSSR count). The highest BCUT2D eigenvalue weighted by Crippen LogP contribution is 2.16. The topological polar surface area (TPSA) is 121 Å². The van der Waals surface area contributed by atoms with Crippen LogP contribution < -0.4 is 16.2 Å². The molecule has 0 unspecified atom stereocenters. The molecule has 0 atom stereocenters. The first kappa shape index (κ1) is 13.6. The number of rotatable bonds is 4. The van der Waals surface area contributed by atoms with Gasteiger partial charge in [0.2, 0.25) is 0 Å². The van der Waals surface area contributed by atoms with E-state index in [0.29, 0.717) is 0 Å². The minimum Gasteiger partial charge on any atom is -0.505 e. The van der Waals surface area contributed by atoms with E-state index >= 15 is 0 Å². The largest absolute Gasteiger partial charge is 0.505 e. The van der Waals surface area contributed by atoms with Crippen LogP contribution in [0.25, 0.3) is 0 Å². The maximum absolute atomic E-state index is 11.6. The maximum atomic E-state index is 11.6. The summed E-state index contributed by atoms with van der Waals surface area (Å²) in [6.45, 7) is -0.0743. The molecule has 1 aromatic heterocycles. The zero-order valence-electron chi connectivity index (χ0n) is 9.64. The monoisotopic (exact) mass is 255 g/mol. The van der Waals surface area contributed by atoms with Gasteiger partial charge in [-0.15, -0.1) is 0 Å². The molecule has 0 saturated carbocycles. The number of carbonyl (C=O) groups is 2. The molecule has 4 N–H and O–H groups in total. The van der Waals surface area contributed by atoms with Gasteiger partial charge in [0, 0.05) is 19.8 Å². The van der Waals surface area contributed by atoms with Crippen LogP contribution in [0.5, 0.6) is 5.75 Å². The highest BCUT2D eigenvalue weighted by molar-refractivity contribution is 5.90. The third-order valence-corrected chi connectivity index (χ3v) is 2.11. The van der Waals surface area contributed by atoms with Gasteiger partial charge >= 0.3 is 12.0 Å². The number of aromatic hydroxyl groups is 1. The molecule has 0 aliphatic carbocycles. The van der Waals surface area contributed by atoms with Crippen LogP contribution in [-0.2, 0) is 11.8 Å². The van der Waals surface area contributed by atoms with Gasteiger partial charge in [-0.1, -0.05) is 0 Å². The Labute approximate surface area is 102 Å². The van der Waals surface area contributed by atoms with Crippen molar-refractivity contribution in [3.8, 4) is 5.75 Å². The standard InChI is InChI=1S/C10H13N3O5/c1-13-5-3-6(14)8(9(13)17)12-10(18)11-4-2-7(15)16/h3,5,14H,2,4H2,1H3,(H,15,16)(H2,11,12,18). The minimum atomic E-state index is -1.05. The third kappa shape index (κ3) is 3.51. The number of aliphatic carboxylic acids is 1. The lowest BCUT2D eigenvalue weighted by atomic mass is 10.3. The van der Waals surface area contributed by atoms with E-state index in [1.807, 2.05) is 0 Å². The van der Waals surface area contributed by atoms with Gasteiger partial charge in [0.05, 0.1) is 6.42 Å². The predicted octanol–water partition coefficient (Wildman–Crippen LogP) is -0.313. The minimum absolute atomic E-state index is 0.0743. The van der Waals surface area contributed by atoms with Crippen LogP contribution in [-0.4, -0.2) is 33.3 Å². The number of pyridine rings is 1. The molecule has 0 bridgehead atoms. The third-order valence-electron chi connectivity index (χ3n) is 2.11. The number of carbonyl (C=O) groups excluding carboxylic acids is 1. The highest BCUT2D eigenvalue weighted by Gasteiger charge is 2.11. The second kappa shape index (κ2) is 5.71. The Kier molecular flexibility index (Phi) is 4.30. The zero-order valence-corrected chi connectivity index (χ0v) is 9.64. The van der Waals surface area contributed by atoms with Crippen molar-refractivity contribution in [3.63, 3.8) is 0 Å². The molecule has 1 heterocycles. The quantitative estimate of drug-likeness (QED) is 0.588. The van der Waals surface area contributed by atoms with Crippen LogP contribution in [0.3, 0.4) is 0 Å². The summed E-state index contributed by atoms with van der Waals surface area (Å²) < 4.78 is 1.19. The number of urea groups is 1. The average Bonchev–Trinajstić information content (AvgIpc) is 2.29. The van der Waals surface area contributed by atoms with Crippen molar-refractivity contribution in [2.75, 3.05) is 11.9 Å². The highest BCUT2D eigenvalue weighted by atomic mass is 16.4. The number of nitrogens with one attached hydrogen (secondary N) is 2. The van der Waals surface area contributed by atoms with Crippen molar-refractivity contribution in [2.45, 2.75) is 6.42 Å². The van der Waals surface area contributed by atoms with Gasteiger partial charge < -0.3 is 25.4 Å². The molecule has 18 heavy (non-hydrogen) atoms. The Morgan fingerprint density at radius 1 is 1.44 bits per heavy atom. The van der Waals surface area contributed by atoms with E-state index in [4.69, 9.17) is 5.11 Å². The fourth-order valence-electron chi connectivity index (χ4n) is 1.18. The van der Waals surface area contributed by atoms with Gasteiger partial charge in [0.1, 0.15) is 5.75 Å². The van der Waals surface area contributed by atoms with Gasteiger partial charge in [0.25, 0.3) is 5.56 Å². The number of anilines is 1. The normalized spacial score (nSPS) is 9.83. The molecule has 0 spiro atoms. The Morgan fingerprint density at radius 3 is 2.72 bits per heavy atom. The van der Waals surface area contributed by atoms with Crippen LogP contribution in [0.2, 0.25) is 0 Å². The Balaban J connectivity index is 2.68. The first-order valence-electron chi connectivity index (χ1n) is 5.07. The van der Waals surface area contributed by atoms with Gasteiger partial charge in [0.15, 0.2) is 5.69 Å². The number of nitrogens with zero attached hydrogens (tertiary/aromatic N) is 1. The van der Waals surface area contributed by atoms with Crippen LogP contribution >= 0.6 is 0 Å². The van der Waals surface area contributed by atoms with E-state index in [2.05, 4.69) is 10.6 Å². The molecule has 1 aromatic rings. The lowest BCUT2D eigenvalue weighted by molar-refractivity contribution is -0.136. The summed E-state index contributed by atoms with van der Waals surface area (Å²) in [5, 5.41) is 22.2. The molecule has 0 aliphatic rings. The van der Waals surface area contributed by atoms with Crippen molar-refractivity contribution >= 4 is 17.7 Å².